The first kappa shape index (κ1) is 9.94. The lowest BCUT2D eigenvalue weighted by molar-refractivity contribution is 0.180. The summed E-state index contributed by atoms with van der Waals surface area (Å²) in [6, 6.07) is 5.45. The van der Waals surface area contributed by atoms with Crippen LogP contribution in [0.1, 0.15) is 24.5 Å². The second kappa shape index (κ2) is 3.52. The molecule has 0 aliphatic carbocycles. The van der Waals surface area contributed by atoms with Gasteiger partial charge in [0.1, 0.15) is 5.67 Å². The Balaban J connectivity index is 2.56. The molecule has 0 fully saturated rings. The van der Waals surface area contributed by atoms with Crippen LogP contribution in [0.2, 0.25) is 5.02 Å². The van der Waals surface area contributed by atoms with Crippen molar-refractivity contribution in [1.82, 2.24) is 5.32 Å². The second-order valence-corrected chi connectivity index (χ2v) is 4.30. The number of benzene rings is 1. The smallest absolute Gasteiger partial charge is 0.134 e. The molecule has 14 heavy (non-hydrogen) atoms. The van der Waals surface area contributed by atoms with Crippen LogP contribution in [-0.4, -0.2) is 6.54 Å². The molecule has 1 aliphatic rings. The summed E-state index contributed by atoms with van der Waals surface area (Å²) in [6.45, 7) is 2.97. The van der Waals surface area contributed by atoms with Crippen LogP contribution in [0.5, 0.6) is 0 Å². The van der Waals surface area contributed by atoms with E-state index in [2.05, 4.69) is 5.32 Å². The number of halogens is 2. The van der Waals surface area contributed by atoms with E-state index in [0.717, 1.165) is 11.1 Å². The largest absolute Gasteiger partial charge is 0.312 e. The number of alkyl halides is 1. The van der Waals surface area contributed by atoms with E-state index < -0.39 is 5.67 Å². The minimum atomic E-state index is -1.26. The first-order chi connectivity index (χ1) is 6.61. The van der Waals surface area contributed by atoms with Crippen molar-refractivity contribution in [1.29, 1.82) is 0 Å². The third kappa shape index (κ3) is 1.64. The van der Waals surface area contributed by atoms with Crippen molar-refractivity contribution in [3.05, 3.63) is 34.3 Å². The zero-order valence-electron chi connectivity index (χ0n) is 8.11. The highest BCUT2D eigenvalue weighted by atomic mass is 35.5. The highest BCUT2D eigenvalue weighted by Crippen LogP contribution is 2.36. The van der Waals surface area contributed by atoms with Gasteiger partial charge in [-0.25, -0.2) is 4.39 Å². The Hall–Kier alpha value is -0.600. The summed E-state index contributed by atoms with van der Waals surface area (Å²) in [5.74, 6) is 0. The average Bonchev–Trinajstić information content (AvgIpc) is 2.27. The van der Waals surface area contributed by atoms with Crippen LogP contribution in [-0.2, 0) is 12.2 Å². The third-order valence-corrected chi connectivity index (χ3v) is 3.11. The monoisotopic (exact) mass is 213 g/mol. The van der Waals surface area contributed by atoms with Crippen LogP contribution < -0.4 is 5.32 Å². The molecule has 1 nitrogen and oxygen atoms in total. The average molecular weight is 214 g/mol. The van der Waals surface area contributed by atoms with Gasteiger partial charge < -0.3 is 5.32 Å². The van der Waals surface area contributed by atoms with Crippen molar-refractivity contribution < 1.29 is 4.39 Å². The van der Waals surface area contributed by atoms with E-state index in [1.807, 2.05) is 18.2 Å². The number of fused-ring (bicyclic) bond motifs is 1. The lowest BCUT2D eigenvalue weighted by Gasteiger charge is -2.20. The predicted molar refractivity (Wildman–Crippen MR) is 56.2 cm³/mol. The van der Waals surface area contributed by atoms with Gasteiger partial charge in [-0.3, -0.25) is 0 Å². The van der Waals surface area contributed by atoms with Gasteiger partial charge in [0.2, 0.25) is 0 Å². The molecule has 0 bridgehead atoms. The van der Waals surface area contributed by atoms with Crippen LogP contribution >= 0.6 is 11.6 Å². The molecule has 3 heteroatoms. The van der Waals surface area contributed by atoms with Crippen LogP contribution in [0, 0.1) is 0 Å². The first-order valence-corrected chi connectivity index (χ1v) is 5.16. The molecule has 0 saturated heterocycles. The maximum Gasteiger partial charge on any atom is 0.134 e. The maximum absolute atomic E-state index is 14.2. The minimum absolute atomic E-state index is 0.500. The van der Waals surface area contributed by atoms with Gasteiger partial charge in [-0.05, 0) is 37.1 Å². The van der Waals surface area contributed by atoms with Gasteiger partial charge in [0.15, 0.2) is 0 Å². The summed E-state index contributed by atoms with van der Waals surface area (Å²) in [5.41, 5.74) is 0.371. The van der Waals surface area contributed by atoms with Crippen molar-refractivity contribution in [2.45, 2.75) is 25.6 Å². The Morgan fingerprint density at radius 1 is 1.50 bits per heavy atom. The van der Waals surface area contributed by atoms with Gasteiger partial charge in [-0.2, -0.15) is 0 Å². The number of nitrogens with one attached hydrogen (secondary N) is 1. The van der Waals surface area contributed by atoms with E-state index in [1.165, 1.54) is 0 Å². The van der Waals surface area contributed by atoms with Crippen molar-refractivity contribution >= 4 is 11.6 Å². The molecule has 2 rings (SSSR count). The maximum atomic E-state index is 14.2. The number of rotatable bonds is 0. The van der Waals surface area contributed by atoms with Crippen molar-refractivity contribution in [3.8, 4) is 0 Å². The molecule has 0 aromatic heterocycles. The van der Waals surface area contributed by atoms with E-state index in [1.54, 1.807) is 6.92 Å². The summed E-state index contributed by atoms with van der Waals surface area (Å²) >= 11 is 6.04. The summed E-state index contributed by atoms with van der Waals surface area (Å²) in [5, 5.41) is 3.83. The minimum Gasteiger partial charge on any atom is -0.312 e. The van der Waals surface area contributed by atoms with E-state index >= 15 is 0 Å². The fraction of sp³-hybridized carbons (Fsp3) is 0.455. The standard InChI is InChI=1S/C11H13ClFN/c1-11(13)5-6-14-7-8-9(11)3-2-4-10(8)12/h2-4,14H,5-7H2,1H3. The van der Waals surface area contributed by atoms with Crippen LogP contribution in [0.15, 0.2) is 18.2 Å². The quantitative estimate of drug-likeness (QED) is 0.699. The molecule has 0 amide bonds. The Bertz CT molecular complexity index is 349. The lowest BCUT2D eigenvalue weighted by atomic mass is 9.91. The molecule has 0 saturated carbocycles. The molecule has 1 aliphatic heterocycles. The summed E-state index contributed by atoms with van der Waals surface area (Å²) in [7, 11) is 0. The molecule has 1 aromatic rings. The van der Waals surface area contributed by atoms with E-state index in [4.69, 9.17) is 11.6 Å². The molecule has 0 radical (unpaired) electrons. The SMILES string of the molecule is CC1(F)CCNCc2c(Cl)cccc21. The molecule has 1 atom stereocenters. The molecule has 1 aromatic carbocycles. The highest BCUT2D eigenvalue weighted by Gasteiger charge is 2.30. The zero-order chi connectivity index (χ0) is 10.2. The molecule has 1 N–H and O–H groups in total. The fourth-order valence-corrected chi connectivity index (χ4v) is 2.14. The van der Waals surface area contributed by atoms with Crippen molar-refractivity contribution in [2.75, 3.05) is 6.54 Å². The summed E-state index contributed by atoms with van der Waals surface area (Å²) in [4.78, 5) is 0. The fourth-order valence-electron chi connectivity index (χ4n) is 1.90. The highest BCUT2D eigenvalue weighted by molar-refractivity contribution is 6.31. The van der Waals surface area contributed by atoms with Gasteiger partial charge in [-0.15, -0.1) is 0 Å². The molecular formula is C11H13ClFN. The van der Waals surface area contributed by atoms with Crippen LogP contribution in [0.3, 0.4) is 0 Å². The third-order valence-electron chi connectivity index (χ3n) is 2.75. The van der Waals surface area contributed by atoms with Gasteiger partial charge in [0.25, 0.3) is 0 Å². The van der Waals surface area contributed by atoms with Gasteiger partial charge in [0.05, 0.1) is 0 Å². The molecule has 1 heterocycles. The summed E-state index contributed by atoms with van der Waals surface area (Å²) < 4.78 is 14.2. The van der Waals surface area contributed by atoms with E-state index in [-0.39, 0.29) is 0 Å². The van der Waals surface area contributed by atoms with Crippen LogP contribution in [0.4, 0.5) is 4.39 Å². The Morgan fingerprint density at radius 3 is 3.07 bits per heavy atom. The molecule has 1 unspecified atom stereocenters. The van der Waals surface area contributed by atoms with Crippen molar-refractivity contribution in [2.24, 2.45) is 0 Å². The topological polar surface area (TPSA) is 12.0 Å². The molecule has 76 valence electrons. The van der Waals surface area contributed by atoms with Gasteiger partial charge in [-0.1, -0.05) is 23.7 Å². The van der Waals surface area contributed by atoms with Crippen molar-refractivity contribution in [3.63, 3.8) is 0 Å². The predicted octanol–water partition coefficient (Wildman–Crippen LogP) is 3.02. The molecule has 0 spiro atoms. The van der Waals surface area contributed by atoms with E-state index in [0.29, 0.717) is 24.5 Å². The normalized spacial score (nSPS) is 26.8. The second-order valence-electron chi connectivity index (χ2n) is 3.89. The van der Waals surface area contributed by atoms with Gasteiger partial charge in [0, 0.05) is 11.6 Å². The van der Waals surface area contributed by atoms with Crippen LogP contribution in [0.25, 0.3) is 0 Å². The Morgan fingerprint density at radius 2 is 2.29 bits per heavy atom. The number of hydrogen-bond acceptors (Lipinski definition) is 1. The Kier molecular flexibility index (Phi) is 2.50. The Labute approximate surface area is 88.3 Å². The van der Waals surface area contributed by atoms with E-state index in [9.17, 15) is 4.39 Å². The number of hydrogen-bond donors (Lipinski definition) is 1. The zero-order valence-corrected chi connectivity index (χ0v) is 8.87. The molecular weight excluding hydrogens is 201 g/mol. The van der Waals surface area contributed by atoms with Gasteiger partial charge >= 0.3 is 0 Å². The lowest BCUT2D eigenvalue weighted by Crippen LogP contribution is -2.18. The summed E-state index contributed by atoms with van der Waals surface area (Å²) in [6.07, 6.45) is 0.500. The first-order valence-electron chi connectivity index (χ1n) is 4.79.